The molecule has 0 radical (unpaired) electrons. The van der Waals surface area contributed by atoms with Crippen molar-refractivity contribution in [1.82, 2.24) is 4.57 Å². The minimum Gasteiger partial charge on any atom is -0.456 e. The van der Waals surface area contributed by atoms with Gasteiger partial charge >= 0.3 is 0 Å². The summed E-state index contributed by atoms with van der Waals surface area (Å²) in [5.74, 6) is 0. The summed E-state index contributed by atoms with van der Waals surface area (Å²) in [5.41, 5.74) is 10.3. The Labute approximate surface area is 288 Å². The fourth-order valence-electron chi connectivity index (χ4n) is 8.50. The smallest absolute Gasteiger partial charge is 0.135 e. The number of aromatic nitrogens is 1. The second kappa shape index (κ2) is 10.4. The normalized spacial score (nSPS) is 12.0. The Hall–Kier alpha value is -6.64. The summed E-state index contributed by atoms with van der Waals surface area (Å²) in [6, 6.07) is 63.8. The number of rotatable bonds is 3. The Morgan fingerprint density at radius 2 is 0.880 bits per heavy atom. The van der Waals surface area contributed by atoms with Gasteiger partial charge in [0.25, 0.3) is 0 Å². The Morgan fingerprint density at radius 3 is 1.60 bits per heavy atom. The van der Waals surface area contributed by atoms with Gasteiger partial charge in [0, 0.05) is 27.2 Å². The van der Waals surface area contributed by atoms with Crippen molar-refractivity contribution in [1.29, 1.82) is 0 Å². The molecule has 11 aromatic rings. The van der Waals surface area contributed by atoms with Gasteiger partial charge in [-0.2, -0.15) is 0 Å². The van der Waals surface area contributed by atoms with E-state index in [0.29, 0.717) is 0 Å². The molecule has 0 amide bonds. The van der Waals surface area contributed by atoms with Crippen LogP contribution in [0.1, 0.15) is 0 Å². The van der Waals surface area contributed by atoms with E-state index in [0.717, 1.165) is 27.6 Å². The average molecular weight is 636 g/mol. The molecule has 9 aromatic carbocycles. The largest absolute Gasteiger partial charge is 0.456 e. The number of benzene rings is 9. The summed E-state index contributed by atoms with van der Waals surface area (Å²) < 4.78 is 8.67. The second-order valence-corrected chi connectivity index (χ2v) is 13.2. The molecule has 0 fully saturated rings. The molecule has 0 atom stereocenters. The highest BCUT2D eigenvalue weighted by Crippen LogP contribution is 2.48. The van der Waals surface area contributed by atoms with Crippen molar-refractivity contribution in [2.45, 2.75) is 0 Å². The zero-order valence-electron chi connectivity index (χ0n) is 27.1. The molecule has 2 heterocycles. The molecule has 0 unspecified atom stereocenters. The van der Waals surface area contributed by atoms with Crippen LogP contribution in [0.2, 0.25) is 0 Å². The Bertz CT molecular complexity index is 3090. The maximum atomic E-state index is 6.23. The van der Waals surface area contributed by atoms with Crippen LogP contribution in [-0.4, -0.2) is 4.57 Å². The van der Waals surface area contributed by atoms with Gasteiger partial charge in [-0.25, -0.2) is 0 Å². The molecule has 0 saturated carbocycles. The van der Waals surface area contributed by atoms with Crippen LogP contribution >= 0.6 is 0 Å². The predicted octanol–water partition coefficient (Wildman–Crippen LogP) is 13.5. The first-order chi connectivity index (χ1) is 24.8. The van der Waals surface area contributed by atoms with Crippen LogP contribution in [0.15, 0.2) is 180 Å². The van der Waals surface area contributed by atoms with E-state index in [9.17, 15) is 0 Å². The lowest BCUT2D eigenvalue weighted by Crippen LogP contribution is -1.95. The quantitative estimate of drug-likeness (QED) is 0.177. The number of fused-ring (bicyclic) bond motifs is 10. The third kappa shape index (κ3) is 3.79. The van der Waals surface area contributed by atoms with E-state index in [1.54, 1.807) is 0 Å². The second-order valence-electron chi connectivity index (χ2n) is 13.2. The van der Waals surface area contributed by atoms with E-state index >= 15 is 0 Å². The van der Waals surface area contributed by atoms with Crippen LogP contribution in [-0.2, 0) is 0 Å². The molecule has 2 nitrogen and oxygen atoms in total. The van der Waals surface area contributed by atoms with Crippen molar-refractivity contribution in [2.75, 3.05) is 0 Å². The van der Waals surface area contributed by atoms with E-state index in [1.165, 1.54) is 76.4 Å². The molecule has 50 heavy (non-hydrogen) atoms. The summed E-state index contributed by atoms with van der Waals surface area (Å²) in [4.78, 5) is 0. The molecular weight excluding hydrogens is 607 g/mol. The SMILES string of the molecule is c1ccc(-n2c3ccccc3c3c4ccccc4c(-c4c5ccccc5c(-c5ccc6oc7ccccc7c6c5)c5ccccc45)cc32)cc1. The van der Waals surface area contributed by atoms with Crippen LogP contribution in [0.4, 0.5) is 0 Å². The van der Waals surface area contributed by atoms with E-state index in [4.69, 9.17) is 4.42 Å². The average Bonchev–Trinajstić information content (AvgIpc) is 3.72. The van der Waals surface area contributed by atoms with Crippen LogP contribution in [0.3, 0.4) is 0 Å². The van der Waals surface area contributed by atoms with Gasteiger partial charge in [0.15, 0.2) is 0 Å². The lowest BCUT2D eigenvalue weighted by Gasteiger charge is -2.19. The van der Waals surface area contributed by atoms with Crippen molar-refractivity contribution in [2.24, 2.45) is 0 Å². The van der Waals surface area contributed by atoms with E-state index in [2.05, 4.69) is 168 Å². The number of para-hydroxylation sites is 3. The zero-order valence-corrected chi connectivity index (χ0v) is 27.1. The molecule has 232 valence electrons. The first kappa shape index (κ1) is 27.3. The topological polar surface area (TPSA) is 18.1 Å². The lowest BCUT2D eigenvalue weighted by atomic mass is 9.84. The van der Waals surface area contributed by atoms with Crippen molar-refractivity contribution in [3.63, 3.8) is 0 Å². The van der Waals surface area contributed by atoms with Crippen LogP contribution < -0.4 is 0 Å². The molecule has 0 aliphatic carbocycles. The van der Waals surface area contributed by atoms with Gasteiger partial charge in [0.05, 0.1) is 11.0 Å². The monoisotopic (exact) mass is 635 g/mol. The molecule has 0 saturated heterocycles. The molecular formula is C48H29NO. The highest BCUT2D eigenvalue weighted by Gasteiger charge is 2.22. The molecule has 0 spiro atoms. The molecule has 0 bridgehead atoms. The number of hydrogen-bond donors (Lipinski definition) is 0. The van der Waals surface area contributed by atoms with E-state index < -0.39 is 0 Å². The van der Waals surface area contributed by atoms with Crippen LogP contribution in [0.25, 0.3) is 104 Å². The predicted molar refractivity (Wildman–Crippen MR) is 211 cm³/mol. The minimum absolute atomic E-state index is 0.911. The van der Waals surface area contributed by atoms with Gasteiger partial charge < -0.3 is 8.98 Å². The molecule has 2 aromatic heterocycles. The maximum absolute atomic E-state index is 6.23. The van der Waals surface area contributed by atoms with Crippen molar-refractivity contribution >= 4 is 76.1 Å². The van der Waals surface area contributed by atoms with Crippen molar-refractivity contribution < 1.29 is 4.42 Å². The van der Waals surface area contributed by atoms with Gasteiger partial charge in [0.2, 0.25) is 0 Å². The summed E-state index contributed by atoms with van der Waals surface area (Å²) in [7, 11) is 0. The van der Waals surface area contributed by atoms with Gasteiger partial charge in [-0.05, 0) is 97.0 Å². The fourth-order valence-corrected chi connectivity index (χ4v) is 8.50. The lowest BCUT2D eigenvalue weighted by molar-refractivity contribution is 0.669. The summed E-state index contributed by atoms with van der Waals surface area (Å²) in [6.45, 7) is 0. The standard InChI is InChI=1S/C48H29NO/c1-2-14-31(15-3-1)49-42-24-12-10-23-39(42)48-34-18-5-4-16-32(34)41(29-43(48)49)47-37-21-8-6-19-35(37)46(36-20-7-9-22-38(36)47)30-26-27-45-40(28-30)33-17-11-13-25-44(33)50-45/h1-29H. The molecule has 0 N–H and O–H groups in total. The third-order valence-corrected chi connectivity index (χ3v) is 10.6. The maximum Gasteiger partial charge on any atom is 0.135 e. The van der Waals surface area contributed by atoms with Gasteiger partial charge in [-0.1, -0.05) is 133 Å². The first-order valence-electron chi connectivity index (χ1n) is 17.2. The molecule has 11 rings (SSSR count). The van der Waals surface area contributed by atoms with Crippen molar-refractivity contribution in [3.05, 3.63) is 176 Å². The Kier molecular flexibility index (Phi) is 5.70. The molecule has 0 aliphatic heterocycles. The van der Waals surface area contributed by atoms with Crippen molar-refractivity contribution in [3.8, 4) is 27.9 Å². The van der Waals surface area contributed by atoms with Crippen LogP contribution in [0, 0.1) is 0 Å². The van der Waals surface area contributed by atoms with E-state index in [-0.39, 0.29) is 0 Å². The summed E-state index contributed by atoms with van der Waals surface area (Å²) >= 11 is 0. The highest BCUT2D eigenvalue weighted by molar-refractivity contribution is 6.29. The number of hydrogen-bond acceptors (Lipinski definition) is 1. The van der Waals surface area contributed by atoms with Crippen LogP contribution in [0.5, 0.6) is 0 Å². The number of furan rings is 1. The Morgan fingerprint density at radius 1 is 0.340 bits per heavy atom. The highest BCUT2D eigenvalue weighted by atomic mass is 16.3. The van der Waals surface area contributed by atoms with Gasteiger partial charge in [0.1, 0.15) is 11.2 Å². The number of nitrogens with zero attached hydrogens (tertiary/aromatic N) is 1. The molecule has 0 aliphatic rings. The van der Waals surface area contributed by atoms with E-state index in [1.807, 2.05) is 12.1 Å². The fraction of sp³-hybridized carbons (Fsp3) is 0. The summed E-state index contributed by atoms with van der Waals surface area (Å²) in [6.07, 6.45) is 0. The minimum atomic E-state index is 0.911. The molecule has 2 heteroatoms. The Balaban J connectivity index is 1.29. The zero-order chi connectivity index (χ0) is 32.8. The van der Waals surface area contributed by atoms with Gasteiger partial charge in [-0.3, -0.25) is 0 Å². The summed E-state index contributed by atoms with van der Waals surface area (Å²) in [5, 5.41) is 12.3. The van der Waals surface area contributed by atoms with Gasteiger partial charge in [-0.15, -0.1) is 0 Å². The third-order valence-electron chi connectivity index (χ3n) is 10.6. The first-order valence-corrected chi connectivity index (χ1v) is 17.2.